The van der Waals surface area contributed by atoms with Crippen molar-refractivity contribution in [2.75, 3.05) is 17.2 Å². The Labute approximate surface area is 105 Å². The fourth-order valence-electron chi connectivity index (χ4n) is 1.17. The second-order valence-corrected chi connectivity index (χ2v) is 8.28. The molecule has 6 heteroatoms. The largest absolute Gasteiger partial charge is 0.399 e. The highest BCUT2D eigenvalue weighted by molar-refractivity contribution is 7.93. The molecule has 4 nitrogen and oxygen atoms in total. The summed E-state index contributed by atoms with van der Waals surface area (Å²) in [4.78, 5) is 0.609. The molecule has 2 N–H and O–H groups in total. The predicted molar refractivity (Wildman–Crippen MR) is 71.1 cm³/mol. The van der Waals surface area contributed by atoms with Crippen LogP contribution >= 0.6 is 0 Å². The SMILES string of the molecule is CC(C)S(=O)(=O)CCS(=O)c1ccc(N)cc1. The molecule has 96 valence electrons. The first-order chi connectivity index (χ1) is 7.83. The van der Waals surface area contributed by atoms with Crippen molar-refractivity contribution in [2.45, 2.75) is 24.0 Å². The van der Waals surface area contributed by atoms with Crippen LogP contribution in [0, 0.1) is 0 Å². The average Bonchev–Trinajstić information content (AvgIpc) is 2.27. The maximum absolute atomic E-state index is 11.8. The number of sulfone groups is 1. The number of nitrogens with two attached hydrogens (primary N) is 1. The zero-order valence-electron chi connectivity index (χ0n) is 9.92. The van der Waals surface area contributed by atoms with Gasteiger partial charge in [0.25, 0.3) is 0 Å². The maximum atomic E-state index is 11.8. The molecule has 0 fully saturated rings. The van der Waals surface area contributed by atoms with E-state index in [2.05, 4.69) is 0 Å². The standard InChI is InChI=1S/C11H17NO3S2/c1-9(2)17(14,15)8-7-16(13)11-5-3-10(12)4-6-11/h3-6,9H,7-8,12H2,1-2H3. The first-order valence-electron chi connectivity index (χ1n) is 5.28. The van der Waals surface area contributed by atoms with E-state index in [9.17, 15) is 12.6 Å². The van der Waals surface area contributed by atoms with E-state index in [1.807, 2.05) is 0 Å². The van der Waals surface area contributed by atoms with Crippen LogP contribution in [-0.2, 0) is 20.6 Å². The van der Waals surface area contributed by atoms with Crippen LogP contribution < -0.4 is 5.73 Å². The van der Waals surface area contributed by atoms with Gasteiger partial charge in [0, 0.05) is 16.3 Å². The van der Waals surface area contributed by atoms with E-state index in [-0.39, 0.29) is 11.5 Å². The van der Waals surface area contributed by atoms with E-state index < -0.39 is 25.9 Å². The number of nitrogen functional groups attached to an aromatic ring is 1. The van der Waals surface area contributed by atoms with Crippen molar-refractivity contribution >= 4 is 26.3 Å². The van der Waals surface area contributed by atoms with Crippen LogP contribution in [0.2, 0.25) is 0 Å². The molecule has 0 aromatic heterocycles. The van der Waals surface area contributed by atoms with Gasteiger partial charge in [-0.15, -0.1) is 0 Å². The predicted octanol–water partition coefficient (Wildman–Crippen LogP) is 1.20. The molecule has 0 aliphatic rings. The molecule has 0 spiro atoms. The minimum Gasteiger partial charge on any atom is -0.399 e. The summed E-state index contributed by atoms with van der Waals surface area (Å²) >= 11 is 0. The summed E-state index contributed by atoms with van der Waals surface area (Å²) in [6.45, 7) is 3.25. The van der Waals surface area contributed by atoms with Gasteiger partial charge in [0.2, 0.25) is 0 Å². The molecule has 0 aliphatic heterocycles. The third-order valence-corrected chi connectivity index (χ3v) is 6.26. The van der Waals surface area contributed by atoms with Crippen molar-refractivity contribution in [3.63, 3.8) is 0 Å². The summed E-state index contributed by atoms with van der Waals surface area (Å²) < 4.78 is 35.0. The van der Waals surface area contributed by atoms with Gasteiger partial charge in [0.15, 0.2) is 9.84 Å². The van der Waals surface area contributed by atoms with E-state index >= 15 is 0 Å². The Balaban J connectivity index is 2.65. The minimum atomic E-state index is -3.13. The van der Waals surface area contributed by atoms with Gasteiger partial charge in [-0.3, -0.25) is 4.21 Å². The van der Waals surface area contributed by atoms with Crippen LogP contribution in [0.25, 0.3) is 0 Å². The molecule has 0 amide bonds. The van der Waals surface area contributed by atoms with Gasteiger partial charge < -0.3 is 5.73 Å². The smallest absolute Gasteiger partial charge is 0.153 e. The Morgan fingerprint density at radius 1 is 1.24 bits per heavy atom. The van der Waals surface area contributed by atoms with Gasteiger partial charge in [0.05, 0.1) is 21.8 Å². The highest BCUT2D eigenvalue weighted by atomic mass is 32.2. The zero-order chi connectivity index (χ0) is 13.1. The highest BCUT2D eigenvalue weighted by Gasteiger charge is 2.17. The Bertz CT molecular complexity index is 492. The topological polar surface area (TPSA) is 77.2 Å². The fourth-order valence-corrected chi connectivity index (χ4v) is 3.85. The Morgan fingerprint density at radius 3 is 2.24 bits per heavy atom. The molecule has 0 radical (unpaired) electrons. The minimum absolute atomic E-state index is 0.0539. The van der Waals surface area contributed by atoms with Gasteiger partial charge in [-0.05, 0) is 38.1 Å². The number of hydrogen-bond acceptors (Lipinski definition) is 4. The van der Waals surface area contributed by atoms with Crippen molar-refractivity contribution in [1.29, 1.82) is 0 Å². The maximum Gasteiger partial charge on any atom is 0.153 e. The first kappa shape index (κ1) is 14.2. The van der Waals surface area contributed by atoms with E-state index in [0.29, 0.717) is 10.6 Å². The van der Waals surface area contributed by atoms with Crippen molar-refractivity contribution in [3.8, 4) is 0 Å². The second-order valence-electron chi connectivity index (χ2n) is 4.03. The van der Waals surface area contributed by atoms with Crippen LogP contribution in [-0.4, -0.2) is 29.4 Å². The molecule has 1 rings (SSSR count). The average molecular weight is 275 g/mol. The van der Waals surface area contributed by atoms with Gasteiger partial charge in [-0.1, -0.05) is 0 Å². The van der Waals surface area contributed by atoms with Crippen molar-refractivity contribution in [3.05, 3.63) is 24.3 Å². The van der Waals surface area contributed by atoms with Crippen LogP contribution in [0.4, 0.5) is 5.69 Å². The lowest BCUT2D eigenvalue weighted by atomic mass is 10.3. The highest BCUT2D eigenvalue weighted by Crippen LogP contribution is 2.11. The summed E-state index contributed by atoms with van der Waals surface area (Å²) in [7, 11) is -4.42. The third-order valence-electron chi connectivity index (χ3n) is 2.41. The second kappa shape index (κ2) is 5.64. The molecule has 1 aromatic carbocycles. The van der Waals surface area contributed by atoms with Crippen LogP contribution in [0.3, 0.4) is 0 Å². The number of anilines is 1. The van der Waals surface area contributed by atoms with Gasteiger partial charge in [-0.25, -0.2) is 8.42 Å². The molecule has 1 atom stereocenters. The molecule has 0 bridgehead atoms. The van der Waals surface area contributed by atoms with Gasteiger partial charge in [-0.2, -0.15) is 0 Å². The van der Waals surface area contributed by atoms with E-state index in [1.54, 1.807) is 38.1 Å². The molecule has 17 heavy (non-hydrogen) atoms. The van der Waals surface area contributed by atoms with Crippen molar-refractivity contribution in [2.24, 2.45) is 0 Å². The Hall–Kier alpha value is -0.880. The number of benzene rings is 1. The molecular formula is C11H17NO3S2. The van der Waals surface area contributed by atoms with Gasteiger partial charge in [0.1, 0.15) is 0 Å². The normalized spacial score (nSPS) is 13.8. The lowest BCUT2D eigenvalue weighted by Gasteiger charge is -2.07. The molecule has 0 saturated carbocycles. The van der Waals surface area contributed by atoms with Crippen LogP contribution in [0.5, 0.6) is 0 Å². The molecule has 0 heterocycles. The summed E-state index contributed by atoms with van der Waals surface area (Å²) in [6.07, 6.45) is 0. The zero-order valence-corrected chi connectivity index (χ0v) is 11.6. The summed E-state index contributed by atoms with van der Waals surface area (Å²) in [5.74, 6) is 0.0755. The Morgan fingerprint density at radius 2 is 1.76 bits per heavy atom. The summed E-state index contributed by atoms with van der Waals surface area (Å²) in [5, 5.41) is -0.425. The number of hydrogen-bond donors (Lipinski definition) is 1. The Kier molecular flexibility index (Phi) is 4.70. The first-order valence-corrected chi connectivity index (χ1v) is 8.32. The van der Waals surface area contributed by atoms with Crippen LogP contribution in [0.1, 0.15) is 13.8 Å². The fraction of sp³-hybridized carbons (Fsp3) is 0.455. The van der Waals surface area contributed by atoms with E-state index in [1.165, 1.54) is 0 Å². The van der Waals surface area contributed by atoms with E-state index in [4.69, 9.17) is 5.73 Å². The van der Waals surface area contributed by atoms with Crippen molar-refractivity contribution in [1.82, 2.24) is 0 Å². The quantitative estimate of drug-likeness (QED) is 0.819. The summed E-state index contributed by atoms with van der Waals surface area (Å²) in [5.41, 5.74) is 6.11. The summed E-state index contributed by atoms with van der Waals surface area (Å²) in [6, 6.07) is 6.63. The van der Waals surface area contributed by atoms with Crippen molar-refractivity contribution < 1.29 is 12.6 Å². The lowest BCUT2D eigenvalue weighted by molar-refractivity contribution is 0.588. The lowest BCUT2D eigenvalue weighted by Crippen LogP contribution is -2.21. The third kappa shape index (κ3) is 4.12. The van der Waals surface area contributed by atoms with E-state index in [0.717, 1.165) is 0 Å². The monoisotopic (exact) mass is 275 g/mol. The molecule has 0 saturated heterocycles. The molecule has 0 aliphatic carbocycles. The van der Waals surface area contributed by atoms with Gasteiger partial charge >= 0.3 is 0 Å². The number of rotatable bonds is 5. The van der Waals surface area contributed by atoms with Crippen LogP contribution in [0.15, 0.2) is 29.2 Å². The molecule has 1 aromatic rings. The molecular weight excluding hydrogens is 258 g/mol. The molecule has 1 unspecified atom stereocenters.